The third kappa shape index (κ3) is 5.07. The van der Waals surface area contributed by atoms with E-state index in [1.54, 1.807) is 12.1 Å². The number of nitrogens with one attached hydrogen (secondary N) is 1. The van der Waals surface area contributed by atoms with Gasteiger partial charge in [-0.3, -0.25) is 9.69 Å². The van der Waals surface area contributed by atoms with Crippen LogP contribution in [0.5, 0.6) is 0 Å². The first-order chi connectivity index (χ1) is 17.9. The zero-order valence-electron chi connectivity index (χ0n) is 21.5. The van der Waals surface area contributed by atoms with Crippen molar-refractivity contribution in [2.45, 2.75) is 55.5 Å². The molecule has 1 aliphatic heterocycles. The van der Waals surface area contributed by atoms with Gasteiger partial charge in [0.2, 0.25) is 15.9 Å². The second-order valence-electron chi connectivity index (χ2n) is 10.9. The Morgan fingerprint density at radius 3 is 2.24 bits per heavy atom. The van der Waals surface area contributed by atoms with Crippen molar-refractivity contribution in [2.75, 3.05) is 26.2 Å². The Balaban J connectivity index is 1.08. The number of aromatic nitrogens is 1. The number of rotatable bonds is 6. The zero-order valence-corrected chi connectivity index (χ0v) is 22.3. The van der Waals surface area contributed by atoms with Crippen LogP contribution in [0.15, 0.2) is 59.5 Å². The van der Waals surface area contributed by atoms with Crippen LogP contribution >= 0.6 is 0 Å². The smallest absolute Gasteiger partial charge is 0.240 e. The Hall–Kier alpha value is -2.68. The van der Waals surface area contributed by atoms with Gasteiger partial charge in [0.25, 0.3) is 0 Å². The van der Waals surface area contributed by atoms with Crippen LogP contribution in [0.2, 0.25) is 0 Å². The molecule has 0 bridgehead atoms. The fourth-order valence-electron chi connectivity index (χ4n) is 6.11. The lowest BCUT2D eigenvalue weighted by atomic mass is 9.85. The molecule has 2 saturated carbocycles. The Bertz CT molecular complexity index is 1380. The molecule has 3 fully saturated rings. The highest BCUT2D eigenvalue weighted by atomic mass is 32.2. The normalized spacial score (nSPS) is 23.4. The molecule has 0 unspecified atom stereocenters. The standard InChI is InChI=1S/C29H36N4O3S/c1-31-27(21-5-3-2-4-6-21)19-23-9-14-26(20-28(23)31)37(35,36)30-24-10-7-22(8-11-24)29(34)33-17-15-32(16-18-33)25-12-13-25/h2-6,9,14,19-20,22,24-25,30H,7-8,10-13,15-18H2,1H3. The van der Waals surface area contributed by atoms with E-state index < -0.39 is 10.0 Å². The number of sulfonamides is 1. The highest BCUT2D eigenvalue weighted by Crippen LogP contribution is 2.31. The van der Waals surface area contributed by atoms with Crippen LogP contribution in [0.1, 0.15) is 38.5 Å². The van der Waals surface area contributed by atoms with Crippen molar-refractivity contribution >= 4 is 26.8 Å². The van der Waals surface area contributed by atoms with E-state index in [1.807, 2.05) is 40.8 Å². The van der Waals surface area contributed by atoms with Crippen LogP contribution in [0.25, 0.3) is 22.2 Å². The molecular weight excluding hydrogens is 484 g/mol. The topological polar surface area (TPSA) is 74.6 Å². The van der Waals surface area contributed by atoms with E-state index >= 15 is 0 Å². The number of hydrogen-bond donors (Lipinski definition) is 1. The molecule has 3 aromatic rings. The quantitative estimate of drug-likeness (QED) is 0.533. The van der Waals surface area contributed by atoms with Crippen LogP contribution < -0.4 is 4.72 Å². The molecule has 7 nitrogen and oxygen atoms in total. The molecular formula is C29H36N4O3S. The molecule has 2 heterocycles. The Morgan fingerprint density at radius 1 is 0.865 bits per heavy atom. The Kier molecular flexibility index (Phi) is 6.59. The summed E-state index contributed by atoms with van der Waals surface area (Å²) in [7, 11) is -1.68. The van der Waals surface area contributed by atoms with Crippen molar-refractivity contribution in [1.29, 1.82) is 0 Å². The average molecular weight is 521 g/mol. The third-order valence-electron chi connectivity index (χ3n) is 8.48. The minimum atomic E-state index is -3.65. The highest BCUT2D eigenvalue weighted by Gasteiger charge is 2.35. The summed E-state index contributed by atoms with van der Waals surface area (Å²) in [6, 6.07) is 18.2. The van der Waals surface area contributed by atoms with Gasteiger partial charge in [-0.05, 0) is 62.3 Å². The minimum absolute atomic E-state index is 0.0179. The summed E-state index contributed by atoms with van der Waals surface area (Å²) in [6.07, 6.45) is 5.49. The zero-order chi connectivity index (χ0) is 25.6. The molecule has 8 heteroatoms. The lowest BCUT2D eigenvalue weighted by Crippen LogP contribution is -2.51. The first-order valence-corrected chi connectivity index (χ1v) is 15.1. The van der Waals surface area contributed by atoms with E-state index in [0.29, 0.717) is 12.8 Å². The molecule has 6 rings (SSSR count). The van der Waals surface area contributed by atoms with Crippen LogP contribution in [-0.2, 0) is 21.9 Å². The fourth-order valence-corrected chi connectivity index (χ4v) is 7.44. The molecule has 2 aliphatic carbocycles. The highest BCUT2D eigenvalue weighted by molar-refractivity contribution is 7.89. The van der Waals surface area contributed by atoms with Gasteiger partial charge >= 0.3 is 0 Å². The average Bonchev–Trinajstić information content (AvgIpc) is 3.72. The van der Waals surface area contributed by atoms with Gasteiger partial charge in [0, 0.05) is 67.8 Å². The van der Waals surface area contributed by atoms with Crippen LogP contribution in [-0.4, -0.2) is 67.0 Å². The van der Waals surface area contributed by atoms with Crippen molar-refractivity contribution in [3.63, 3.8) is 0 Å². The Morgan fingerprint density at radius 2 is 1.57 bits per heavy atom. The molecule has 37 heavy (non-hydrogen) atoms. The predicted molar refractivity (Wildman–Crippen MR) is 146 cm³/mol. The van der Waals surface area contributed by atoms with Gasteiger partial charge in [-0.2, -0.15) is 0 Å². The second-order valence-corrected chi connectivity index (χ2v) is 12.7. The molecule has 3 aliphatic rings. The van der Waals surface area contributed by atoms with Crippen molar-refractivity contribution in [3.8, 4) is 11.3 Å². The van der Waals surface area contributed by atoms with E-state index in [1.165, 1.54) is 12.8 Å². The molecule has 1 aromatic heterocycles. The maximum Gasteiger partial charge on any atom is 0.240 e. The molecule has 2 aromatic carbocycles. The number of hydrogen-bond acceptors (Lipinski definition) is 4. The predicted octanol–water partition coefficient (Wildman–Crippen LogP) is 3.99. The van der Waals surface area contributed by atoms with E-state index in [0.717, 1.165) is 67.2 Å². The van der Waals surface area contributed by atoms with E-state index in [9.17, 15) is 13.2 Å². The summed E-state index contributed by atoms with van der Waals surface area (Å²) >= 11 is 0. The number of piperazine rings is 1. The van der Waals surface area contributed by atoms with Gasteiger partial charge in [0.05, 0.1) is 4.90 Å². The van der Waals surface area contributed by atoms with E-state index in [-0.39, 0.29) is 22.8 Å². The van der Waals surface area contributed by atoms with Gasteiger partial charge in [0.1, 0.15) is 0 Å². The van der Waals surface area contributed by atoms with E-state index in [4.69, 9.17) is 0 Å². The second kappa shape index (κ2) is 9.89. The molecule has 0 radical (unpaired) electrons. The van der Waals surface area contributed by atoms with Crippen LogP contribution in [0.4, 0.5) is 0 Å². The Labute approximate surface area is 219 Å². The summed E-state index contributed by atoms with van der Waals surface area (Å²) in [4.78, 5) is 17.9. The summed E-state index contributed by atoms with van der Waals surface area (Å²) in [6.45, 7) is 3.64. The first kappa shape index (κ1) is 24.6. The summed E-state index contributed by atoms with van der Waals surface area (Å²) < 4.78 is 31.5. The number of carbonyl (C=O) groups excluding carboxylic acids is 1. The summed E-state index contributed by atoms with van der Waals surface area (Å²) in [5, 5.41) is 1.01. The monoisotopic (exact) mass is 520 g/mol. The van der Waals surface area contributed by atoms with Crippen LogP contribution in [0.3, 0.4) is 0 Å². The van der Waals surface area contributed by atoms with E-state index in [2.05, 4.69) is 27.8 Å². The fraction of sp³-hybridized carbons (Fsp3) is 0.483. The van der Waals surface area contributed by atoms with Gasteiger partial charge < -0.3 is 9.47 Å². The van der Waals surface area contributed by atoms with Gasteiger partial charge in [-0.15, -0.1) is 0 Å². The summed E-state index contributed by atoms with van der Waals surface area (Å²) in [5.41, 5.74) is 3.03. The number of nitrogens with zero attached hydrogens (tertiary/aromatic N) is 3. The lowest BCUT2D eigenvalue weighted by molar-refractivity contribution is -0.138. The van der Waals surface area contributed by atoms with Gasteiger partial charge in [-0.25, -0.2) is 13.1 Å². The largest absolute Gasteiger partial charge is 0.344 e. The maximum atomic E-state index is 13.3. The van der Waals surface area contributed by atoms with Crippen LogP contribution in [0, 0.1) is 5.92 Å². The molecule has 0 spiro atoms. The molecule has 1 amide bonds. The van der Waals surface area contributed by atoms with Crippen molar-refractivity contribution in [2.24, 2.45) is 13.0 Å². The summed E-state index contributed by atoms with van der Waals surface area (Å²) in [5.74, 6) is 0.282. The number of amides is 1. The maximum absolute atomic E-state index is 13.3. The molecule has 0 atom stereocenters. The van der Waals surface area contributed by atoms with Crippen molar-refractivity contribution in [3.05, 3.63) is 54.6 Å². The number of carbonyl (C=O) groups is 1. The SMILES string of the molecule is Cn1c(-c2ccccc2)cc2ccc(S(=O)(=O)NC3CCC(C(=O)N4CCN(C5CC5)CC4)CC3)cc21. The lowest BCUT2D eigenvalue weighted by Gasteiger charge is -2.38. The minimum Gasteiger partial charge on any atom is -0.344 e. The first-order valence-electron chi connectivity index (χ1n) is 13.6. The molecule has 1 N–H and O–H groups in total. The molecule has 196 valence electrons. The third-order valence-corrected chi connectivity index (χ3v) is 10.0. The van der Waals surface area contributed by atoms with Crippen molar-refractivity contribution in [1.82, 2.24) is 19.1 Å². The number of fused-ring (bicyclic) bond motifs is 1. The molecule has 1 saturated heterocycles. The number of benzene rings is 2. The van der Waals surface area contributed by atoms with Crippen molar-refractivity contribution < 1.29 is 13.2 Å². The number of aryl methyl sites for hydroxylation is 1. The van der Waals surface area contributed by atoms with Gasteiger partial charge in [-0.1, -0.05) is 36.4 Å². The van der Waals surface area contributed by atoms with Gasteiger partial charge in [0.15, 0.2) is 0 Å².